The first-order chi connectivity index (χ1) is 5.95. The minimum absolute atomic E-state index is 0.0363. The lowest BCUT2D eigenvalue weighted by molar-refractivity contribution is -0.138. The van der Waals surface area contributed by atoms with E-state index in [0.717, 1.165) is 0 Å². The van der Waals surface area contributed by atoms with Crippen LogP contribution in [0.15, 0.2) is 0 Å². The van der Waals surface area contributed by atoms with Crippen molar-refractivity contribution in [2.75, 3.05) is 6.54 Å². The molecule has 0 unspecified atom stereocenters. The fourth-order valence-corrected chi connectivity index (χ4v) is 0.694. The Morgan fingerprint density at radius 2 is 2.23 bits per heavy atom. The molecular weight excluding hydrogens is 179 g/mol. The highest BCUT2D eigenvalue weighted by Gasteiger charge is 2.12. The molecule has 0 heterocycles. The van der Waals surface area contributed by atoms with Gasteiger partial charge in [-0.3, -0.25) is 10.2 Å². The van der Waals surface area contributed by atoms with E-state index in [1.807, 2.05) is 0 Å². The van der Waals surface area contributed by atoms with Crippen molar-refractivity contribution in [2.45, 2.75) is 18.9 Å². The zero-order valence-corrected chi connectivity index (χ0v) is 7.03. The maximum Gasteiger partial charge on any atom is 0.320 e. The summed E-state index contributed by atoms with van der Waals surface area (Å²) in [5.41, 5.74) is 9.95. The highest BCUT2D eigenvalue weighted by Crippen LogP contribution is 1.98. The van der Waals surface area contributed by atoms with E-state index in [9.17, 15) is 9.28 Å². The Labute approximate surface area is 74.7 Å². The average Bonchev–Trinajstić information content (AvgIpc) is 2.03. The van der Waals surface area contributed by atoms with Gasteiger partial charge in [0.15, 0.2) is 0 Å². The molecule has 0 fully saturated rings. The van der Waals surface area contributed by atoms with E-state index >= 15 is 0 Å². The second-order valence-corrected chi connectivity index (χ2v) is 2.56. The van der Waals surface area contributed by atoms with Gasteiger partial charge in [-0.05, 0) is 12.8 Å². The predicted octanol–water partition coefficient (Wildman–Crippen LogP) is -0.742. The molecule has 0 aromatic carbocycles. The van der Waals surface area contributed by atoms with Gasteiger partial charge in [-0.25, -0.2) is 0 Å². The second kappa shape index (κ2) is 5.31. The molecule has 0 spiro atoms. The average molecular weight is 192 g/mol. The number of hydrogen-bond donors (Lipinski definition) is 4. The summed E-state index contributed by atoms with van der Waals surface area (Å²) in [6, 6.07) is -0.986. The number of rotatable bonds is 5. The molecule has 6 N–H and O–H groups in total. The van der Waals surface area contributed by atoms with Crippen LogP contribution < -0.4 is 11.5 Å². The summed E-state index contributed by atoms with van der Waals surface area (Å²) in [5.74, 6) is -1.81. The van der Waals surface area contributed by atoms with Crippen LogP contribution in [-0.2, 0) is 4.79 Å². The normalized spacial score (nSPS) is 12.2. The number of nitrogens with one attached hydrogen (secondary N) is 1. The molecule has 6 nitrogen and oxygen atoms in total. The van der Waals surface area contributed by atoms with Gasteiger partial charge in [0.2, 0.25) is 5.96 Å². The number of carbonyl (C=O) groups is 1. The first-order valence-electron chi connectivity index (χ1n) is 3.71. The Balaban J connectivity index is 3.56. The van der Waals surface area contributed by atoms with E-state index in [1.165, 1.54) is 0 Å². The number of halogens is 1. The van der Waals surface area contributed by atoms with Crippen molar-refractivity contribution in [3.8, 4) is 0 Å². The molecule has 76 valence electrons. The van der Waals surface area contributed by atoms with Crippen molar-refractivity contribution in [3.05, 3.63) is 0 Å². The Kier molecular flexibility index (Phi) is 4.75. The number of hydrogen-bond acceptors (Lipinski definition) is 3. The fraction of sp³-hybridized carbons (Fsp3) is 0.667. The lowest BCUT2D eigenvalue weighted by Crippen LogP contribution is -2.33. The molecule has 0 aliphatic carbocycles. The van der Waals surface area contributed by atoms with E-state index in [4.69, 9.17) is 22.0 Å². The first kappa shape index (κ1) is 11.6. The number of carboxylic acid groups (broad SMARTS) is 1. The summed E-state index contributed by atoms with van der Waals surface area (Å²) in [6.45, 7) is -0.115. The standard InChI is InChI=1S/C6H13FN4O2/c7-11(6(9)10)3-1-2-4(8)5(12)13/h4H,1-3,8H2,(H3,9,10)(H,12,13)/t4-/m0/s1. The molecule has 0 aromatic heterocycles. The Hall–Kier alpha value is -1.37. The van der Waals surface area contributed by atoms with Gasteiger partial charge in [0.05, 0.1) is 6.54 Å². The van der Waals surface area contributed by atoms with Gasteiger partial charge >= 0.3 is 5.97 Å². The van der Waals surface area contributed by atoms with Crippen LogP contribution >= 0.6 is 0 Å². The van der Waals surface area contributed by atoms with Gasteiger partial charge < -0.3 is 16.6 Å². The predicted molar refractivity (Wildman–Crippen MR) is 44.6 cm³/mol. The summed E-state index contributed by atoms with van der Waals surface area (Å²) < 4.78 is 12.5. The number of guanidine groups is 1. The monoisotopic (exact) mass is 192 g/mol. The summed E-state index contributed by atoms with van der Waals surface area (Å²) in [4.78, 5) is 10.2. The van der Waals surface area contributed by atoms with Crippen LogP contribution in [0.1, 0.15) is 12.8 Å². The molecule has 13 heavy (non-hydrogen) atoms. The second-order valence-electron chi connectivity index (χ2n) is 2.56. The number of carboxylic acids is 1. The molecular formula is C6H13FN4O2. The topological polar surface area (TPSA) is 116 Å². The number of nitrogens with two attached hydrogens (primary N) is 2. The van der Waals surface area contributed by atoms with Crippen molar-refractivity contribution in [1.29, 1.82) is 5.41 Å². The smallest absolute Gasteiger partial charge is 0.320 e. The van der Waals surface area contributed by atoms with Gasteiger partial charge in [-0.15, -0.1) is 0 Å². The minimum Gasteiger partial charge on any atom is -0.480 e. The molecule has 0 saturated heterocycles. The summed E-state index contributed by atoms with van der Waals surface area (Å²) >= 11 is 0. The summed E-state index contributed by atoms with van der Waals surface area (Å²) in [6.07, 6.45) is 0.395. The van der Waals surface area contributed by atoms with Gasteiger partial charge in [-0.1, -0.05) is 4.48 Å². The van der Waals surface area contributed by atoms with Crippen LogP contribution in [0.25, 0.3) is 0 Å². The third-order valence-electron chi connectivity index (χ3n) is 1.45. The maximum absolute atomic E-state index is 12.5. The minimum atomic E-state index is -1.12. The van der Waals surface area contributed by atoms with Gasteiger partial charge in [0, 0.05) is 0 Å². The van der Waals surface area contributed by atoms with Crippen molar-refractivity contribution in [1.82, 2.24) is 5.12 Å². The van der Waals surface area contributed by atoms with E-state index in [2.05, 4.69) is 0 Å². The molecule has 7 heteroatoms. The van der Waals surface area contributed by atoms with Gasteiger partial charge in [-0.2, -0.15) is 5.12 Å². The lowest BCUT2D eigenvalue weighted by Gasteiger charge is -2.11. The molecule has 0 aliphatic rings. The van der Waals surface area contributed by atoms with Crippen LogP contribution in [0, 0.1) is 5.41 Å². The van der Waals surface area contributed by atoms with Crippen LogP contribution in [0.4, 0.5) is 4.48 Å². The largest absolute Gasteiger partial charge is 0.480 e. The van der Waals surface area contributed by atoms with E-state index in [-0.39, 0.29) is 24.5 Å². The molecule has 0 aromatic rings. The summed E-state index contributed by atoms with van der Waals surface area (Å²) in [5, 5.41) is 15.0. The number of nitrogens with zero attached hydrogens (tertiary/aromatic N) is 1. The maximum atomic E-state index is 12.5. The van der Waals surface area contributed by atoms with E-state index < -0.39 is 18.0 Å². The third kappa shape index (κ3) is 4.96. The van der Waals surface area contributed by atoms with Gasteiger partial charge in [0.1, 0.15) is 6.04 Å². The van der Waals surface area contributed by atoms with Crippen molar-refractivity contribution < 1.29 is 14.4 Å². The molecule has 0 saturated carbocycles. The van der Waals surface area contributed by atoms with Crippen LogP contribution in [0.5, 0.6) is 0 Å². The quantitative estimate of drug-likeness (QED) is 0.260. The zero-order valence-electron chi connectivity index (χ0n) is 7.03. The SMILES string of the molecule is N=C(N)N(F)CCC[C@H](N)C(=O)O. The highest BCUT2D eigenvalue weighted by molar-refractivity contribution is 5.73. The zero-order chi connectivity index (χ0) is 10.4. The van der Waals surface area contributed by atoms with Crippen molar-refractivity contribution in [2.24, 2.45) is 11.5 Å². The van der Waals surface area contributed by atoms with E-state index in [0.29, 0.717) is 0 Å². The molecule has 0 amide bonds. The Morgan fingerprint density at radius 3 is 2.62 bits per heavy atom. The Bertz CT molecular complexity index is 179. The van der Waals surface area contributed by atoms with Crippen molar-refractivity contribution >= 4 is 11.9 Å². The van der Waals surface area contributed by atoms with Crippen molar-refractivity contribution in [3.63, 3.8) is 0 Å². The molecule has 1 atom stereocenters. The molecule has 0 radical (unpaired) electrons. The highest BCUT2D eigenvalue weighted by atomic mass is 19.2. The summed E-state index contributed by atoms with van der Waals surface area (Å²) in [7, 11) is 0. The van der Waals surface area contributed by atoms with Crippen LogP contribution in [0.3, 0.4) is 0 Å². The third-order valence-corrected chi connectivity index (χ3v) is 1.45. The van der Waals surface area contributed by atoms with Crippen LogP contribution in [0.2, 0.25) is 0 Å². The van der Waals surface area contributed by atoms with E-state index in [1.54, 1.807) is 0 Å². The Morgan fingerprint density at radius 1 is 1.69 bits per heavy atom. The molecule has 0 bridgehead atoms. The number of aliphatic carboxylic acids is 1. The molecule has 0 aliphatic heterocycles. The lowest BCUT2D eigenvalue weighted by atomic mass is 10.2. The first-order valence-corrected chi connectivity index (χ1v) is 3.71. The van der Waals surface area contributed by atoms with Gasteiger partial charge in [0.25, 0.3) is 0 Å². The van der Waals surface area contributed by atoms with Crippen LogP contribution in [-0.4, -0.2) is 34.7 Å². The fourth-order valence-electron chi connectivity index (χ4n) is 0.694. The molecule has 0 rings (SSSR count).